The first-order chi connectivity index (χ1) is 10.3. The molecule has 0 bridgehead atoms. The molecule has 3 nitrogen and oxygen atoms in total. The molecule has 21 heavy (non-hydrogen) atoms. The number of rotatable bonds is 4. The maximum Gasteiger partial charge on any atom is 0.0648 e. The maximum absolute atomic E-state index is 4.67. The zero-order chi connectivity index (χ0) is 14.7. The van der Waals surface area contributed by atoms with E-state index in [1.807, 2.05) is 0 Å². The lowest BCUT2D eigenvalue weighted by atomic mass is 9.91. The van der Waals surface area contributed by atoms with Gasteiger partial charge in [-0.15, -0.1) is 0 Å². The zero-order valence-electron chi connectivity index (χ0n) is 13.0. The lowest BCUT2D eigenvalue weighted by Crippen LogP contribution is -2.31. The fourth-order valence-corrected chi connectivity index (χ4v) is 3.24. The summed E-state index contributed by atoms with van der Waals surface area (Å²) in [5, 5.41) is 8.19. The smallest absolute Gasteiger partial charge is 0.0648 e. The van der Waals surface area contributed by atoms with E-state index < -0.39 is 0 Å². The Balaban J connectivity index is 1.93. The Morgan fingerprint density at radius 1 is 1.29 bits per heavy atom. The highest BCUT2D eigenvalue weighted by Crippen LogP contribution is 2.26. The molecular weight excluding hydrogens is 258 g/mol. The highest BCUT2D eigenvalue weighted by Gasteiger charge is 2.20. The van der Waals surface area contributed by atoms with Gasteiger partial charge in [0.05, 0.1) is 11.9 Å². The minimum absolute atomic E-state index is 0.522. The molecule has 1 aromatic heterocycles. The van der Waals surface area contributed by atoms with Crippen molar-refractivity contribution in [2.45, 2.75) is 39.0 Å². The van der Waals surface area contributed by atoms with Gasteiger partial charge in [0.1, 0.15) is 0 Å². The highest BCUT2D eigenvalue weighted by atomic mass is 15.3. The number of aromatic nitrogens is 2. The van der Waals surface area contributed by atoms with Crippen LogP contribution in [0.5, 0.6) is 0 Å². The predicted molar refractivity (Wildman–Crippen MR) is 87.0 cm³/mol. The van der Waals surface area contributed by atoms with E-state index in [0.29, 0.717) is 5.92 Å². The standard InChI is InChI=1S/C18H25N3/c1-14(2)17-13-20-21(16-8-4-3-5-9-16)18(17)11-15-7-6-10-19-12-15/h3-5,8-9,13-15,19H,6-7,10-12H2,1-2H3. The second-order valence-electron chi connectivity index (χ2n) is 6.37. The van der Waals surface area contributed by atoms with Gasteiger partial charge >= 0.3 is 0 Å². The summed E-state index contributed by atoms with van der Waals surface area (Å²) in [6.07, 6.45) is 5.80. The Kier molecular flexibility index (Phi) is 4.39. The van der Waals surface area contributed by atoms with Gasteiger partial charge < -0.3 is 5.32 Å². The molecule has 2 aromatic rings. The zero-order valence-corrected chi connectivity index (χ0v) is 13.0. The van der Waals surface area contributed by atoms with Crippen LogP contribution in [-0.4, -0.2) is 22.9 Å². The second-order valence-corrected chi connectivity index (χ2v) is 6.37. The van der Waals surface area contributed by atoms with Crippen molar-refractivity contribution in [3.05, 3.63) is 47.8 Å². The summed E-state index contributed by atoms with van der Waals surface area (Å²) in [7, 11) is 0. The third-order valence-electron chi connectivity index (χ3n) is 4.40. The summed E-state index contributed by atoms with van der Waals surface area (Å²) in [6, 6.07) is 10.5. The normalized spacial score (nSPS) is 19.1. The molecule has 0 aliphatic carbocycles. The molecule has 1 unspecified atom stereocenters. The molecule has 1 N–H and O–H groups in total. The summed E-state index contributed by atoms with van der Waals surface area (Å²) in [5.74, 6) is 1.25. The van der Waals surface area contributed by atoms with Crippen molar-refractivity contribution in [2.24, 2.45) is 5.92 Å². The van der Waals surface area contributed by atoms with Crippen LogP contribution in [0.1, 0.15) is 43.9 Å². The van der Waals surface area contributed by atoms with Crippen LogP contribution in [0.15, 0.2) is 36.5 Å². The van der Waals surface area contributed by atoms with Crippen molar-refractivity contribution in [2.75, 3.05) is 13.1 Å². The predicted octanol–water partition coefficient (Wildman–Crippen LogP) is 3.54. The van der Waals surface area contributed by atoms with Crippen LogP contribution in [0.25, 0.3) is 5.69 Å². The number of hydrogen-bond donors (Lipinski definition) is 1. The molecule has 3 heteroatoms. The van der Waals surface area contributed by atoms with Crippen LogP contribution in [0, 0.1) is 5.92 Å². The van der Waals surface area contributed by atoms with E-state index in [9.17, 15) is 0 Å². The quantitative estimate of drug-likeness (QED) is 0.930. The van der Waals surface area contributed by atoms with Gasteiger partial charge in [0, 0.05) is 5.69 Å². The summed E-state index contributed by atoms with van der Waals surface area (Å²) >= 11 is 0. The summed E-state index contributed by atoms with van der Waals surface area (Å²) < 4.78 is 2.14. The number of para-hydroxylation sites is 1. The first kappa shape index (κ1) is 14.3. The molecule has 1 atom stereocenters. The van der Waals surface area contributed by atoms with Gasteiger partial charge in [-0.25, -0.2) is 4.68 Å². The molecule has 1 fully saturated rings. The Morgan fingerprint density at radius 3 is 2.76 bits per heavy atom. The van der Waals surface area contributed by atoms with E-state index in [1.54, 1.807) is 0 Å². The van der Waals surface area contributed by atoms with Crippen LogP contribution >= 0.6 is 0 Å². The SMILES string of the molecule is CC(C)c1cnn(-c2ccccc2)c1CC1CCCNC1. The first-order valence-corrected chi connectivity index (χ1v) is 8.08. The maximum atomic E-state index is 4.67. The van der Waals surface area contributed by atoms with Gasteiger partial charge in [-0.2, -0.15) is 5.10 Å². The minimum Gasteiger partial charge on any atom is -0.316 e. The molecule has 1 aliphatic rings. The molecule has 112 valence electrons. The van der Waals surface area contributed by atoms with E-state index >= 15 is 0 Å². The molecule has 3 rings (SSSR count). The second kappa shape index (κ2) is 6.44. The van der Waals surface area contributed by atoms with Gasteiger partial charge in [0.25, 0.3) is 0 Å². The Labute approximate surface area is 127 Å². The summed E-state index contributed by atoms with van der Waals surface area (Å²) in [4.78, 5) is 0. The Hall–Kier alpha value is -1.61. The van der Waals surface area contributed by atoms with Crippen molar-refractivity contribution in [1.82, 2.24) is 15.1 Å². The average Bonchev–Trinajstić information content (AvgIpc) is 2.93. The minimum atomic E-state index is 0.522. The van der Waals surface area contributed by atoms with Crippen molar-refractivity contribution in [3.63, 3.8) is 0 Å². The Morgan fingerprint density at radius 2 is 2.10 bits per heavy atom. The van der Waals surface area contributed by atoms with Crippen LogP contribution in [0.4, 0.5) is 0 Å². The molecule has 0 amide bonds. The molecule has 1 aliphatic heterocycles. The molecule has 0 radical (unpaired) electrons. The third kappa shape index (κ3) is 3.18. The van der Waals surface area contributed by atoms with E-state index in [0.717, 1.165) is 18.9 Å². The molecule has 1 saturated heterocycles. The van der Waals surface area contributed by atoms with Crippen LogP contribution < -0.4 is 5.32 Å². The van der Waals surface area contributed by atoms with E-state index in [-0.39, 0.29) is 0 Å². The number of piperidine rings is 1. The first-order valence-electron chi connectivity index (χ1n) is 8.08. The van der Waals surface area contributed by atoms with Gasteiger partial charge in [-0.1, -0.05) is 32.0 Å². The van der Waals surface area contributed by atoms with Crippen LogP contribution in [0.2, 0.25) is 0 Å². The number of nitrogens with zero attached hydrogens (tertiary/aromatic N) is 2. The monoisotopic (exact) mass is 283 g/mol. The average molecular weight is 283 g/mol. The summed E-state index contributed by atoms with van der Waals surface area (Å²) in [6.45, 7) is 6.83. The lowest BCUT2D eigenvalue weighted by Gasteiger charge is -2.24. The number of nitrogens with one attached hydrogen (secondary N) is 1. The molecule has 0 spiro atoms. The van der Waals surface area contributed by atoms with E-state index in [4.69, 9.17) is 0 Å². The topological polar surface area (TPSA) is 29.9 Å². The lowest BCUT2D eigenvalue weighted by molar-refractivity contribution is 0.370. The molecular formula is C18H25N3. The largest absolute Gasteiger partial charge is 0.316 e. The fourth-order valence-electron chi connectivity index (χ4n) is 3.24. The van der Waals surface area contributed by atoms with Crippen molar-refractivity contribution in [3.8, 4) is 5.69 Å². The highest BCUT2D eigenvalue weighted by molar-refractivity contribution is 5.36. The summed E-state index contributed by atoms with van der Waals surface area (Å²) in [5.41, 5.74) is 3.96. The van der Waals surface area contributed by atoms with Gasteiger partial charge in [-0.05, 0) is 61.9 Å². The van der Waals surface area contributed by atoms with Gasteiger partial charge in [0.2, 0.25) is 0 Å². The van der Waals surface area contributed by atoms with E-state index in [1.165, 1.54) is 36.3 Å². The molecule has 0 saturated carbocycles. The van der Waals surface area contributed by atoms with Crippen molar-refractivity contribution >= 4 is 0 Å². The van der Waals surface area contributed by atoms with Gasteiger partial charge in [-0.3, -0.25) is 0 Å². The van der Waals surface area contributed by atoms with Crippen LogP contribution in [-0.2, 0) is 6.42 Å². The third-order valence-corrected chi connectivity index (χ3v) is 4.40. The fraction of sp³-hybridized carbons (Fsp3) is 0.500. The van der Waals surface area contributed by atoms with Crippen LogP contribution in [0.3, 0.4) is 0 Å². The number of hydrogen-bond acceptors (Lipinski definition) is 2. The molecule has 2 heterocycles. The van der Waals surface area contributed by atoms with Gasteiger partial charge in [0.15, 0.2) is 0 Å². The Bertz CT molecular complexity index is 565. The number of benzene rings is 1. The van der Waals surface area contributed by atoms with Crippen molar-refractivity contribution in [1.29, 1.82) is 0 Å². The van der Waals surface area contributed by atoms with Crippen molar-refractivity contribution < 1.29 is 0 Å². The molecule has 1 aromatic carbocycles. The van der Waals surface area contributed by atoms with E-state index in [2.05, 4.69) is 65.5 Å².